The average molecular weight is 667 g/mol. The number of fused-ring (bicyclic) bond motifs is 6. The molecule has 4 nitrogen and oxygen atoms in total. The molecule has 0 fully saturated rings. The lowest BCUT2D eigenvalue weighted by Crippen LogP contribution is -2.01. The molecule has 3 aromatic heterocycles. The minimum atomic E-state index is 0.723. The fourth-order valence-corrected chi connectivity index (χ4v) is 8.10. The second-order valence-electron chi connectivity index (χ2n) is 13.6. The Labute approximate surface area is 301 Å². The van der Waals surface area contributed by atoms with Gasteiger partial charge in [-0.2, -0.15) is 0 Å². The molecular weight excluding hydrogens is 633 g/mol. The maximum Gasteiger partial charge on any atom is 0.160 e. The van der Waals surface area contributed by atoms with Crippen LogP contribution in [0.25, 0.3) is 88.9 Å². The lowest BCUT2D eigenvalue weighted by molar-refractivity contribution is 1.14. The van der Waals surface area contributed by atoms with Crippen molar-refractivity contribution in [3.8, 4) is 45.3 Å². The summed E-state index contributed by atoms with van der Waals surface area (Å²) >= 11 is 0. The van der Waals surface area contributed by atoms with E-state index in [1.807, 2.05) is 24.3 Å². The van der Waals surface area contributed by atoms with Crippen molar-refractivity contribution in [3.05, 3.63) is 181 Å². The van der Waals surface area contributed by atoms with E-state index >= 15 is 0 Å². The van der Waals surface area contributed by atoms with E-state index in [0.717, 1.165) is 45.3 Å². The van der Waals surface area contributed by atoms with Crippen molar-refractivity contribution in [3.63, 3.8) is 0 Å². The minimum absolute atomic E-state index is 0.723. The summed E-state index contributed by atoms with van der Waals surface area (Å²) in [5.41, 5.74) is 14.4. The molecule has 0 radical (unpaired) electrons. The Hall–Kier alpha value is -6.78. The van der Waals surface area contributed by atoms with Crippen LogP contribution in [0.2, 0.25) is 0 Å². The third-order valence-electron chi connectivity index (χ3n) is 10.4. The summed E-state index contributed by atoms with van der Waals surface area (Å²) in [6.45, 7) is 4.40. The third kappa shape index (κ3) is 4.76. The Balaban J connectivity index is 1.15. The van der Waals surface area contributed by atoms with Crippen molar-refractivity contribution in [2.24, 2.45) is 0 Å². The molecule has 0 amide bonds. The predicted octanol–water partition coefficient (Wildman–Crippen LogP) is 12.3. The molecule has 0 saturated carbocycles. The van der Waals surface area contributed by atoms with Gasteiger partial charge in [0.1, 0.15) is 0 Å². The van der Waals surface area contributed by atoms with Crippen molar-refractivity contribution in [1.29, 1.82) is 0 Å². The van der Waals surface area contributed by atoms with E-state index in [-0.39, 0.29) is 0 Å². The molecule has 0 aliphatic carbocycles. The summed E-state index contributed by atoms with van der Waals surface area (Å²) in [5, 5.41) is 4.99. The number of rotatable bonds is 5. The third-order valence-corrected chi connectivity index (χ3v) is 10.4. The number of para-hydroxylation sites is 3. The van der Waals surface area contributed by atoms with Gasteiger partial charge >= 0.3 is 0 Å². The van der Waals surface area contributed by atoms with Crippen molar-refractivity contribution < 1.29 is 0 Å². The topological polar surface area (TPSA) is 35.6 Å². The summed E-state index contributed by atoms with van der Waals surface area (Å²) in [6, 6.07) is 60.4. The molecule has 0 saturated heterocycles. The first-order chi connectivity index (χ1) is 25.6. The summed E-state index contributed by atoms with van der Waals surface area (Å²) in [4.78, 5) is 10.2. The van der Waals surface area contributed by atoms with Gasteiger partial charge in [-0.25, -0.2) is 9.97 Å². The Bertz CT molecular complexity index is 2840. The number of aryl methyl sites for hydroxylation is 2. The van der Waals surface area contributed by atoms with Gasteiger partial charge in [-0.15, -0.1) is 0 Å². The van der Waals surface area contributed by atoms with Gasteiger partial charge in [0.2, 0.25) is 0 Å². The molecule has 0 N–H and O–H groups in total. The van der Waals surface area contributed by atoms with Crippen LogP contribution in [-0.4, -0.2) is 19.1 Å². The quantitative estimate of drug-likeness (QED) is 0.183. The molecule has 4 heteroatoms. The summed E-state index contributed by atoms with van der Waals surface area (Å²) in [5.74, 6) is 0.723. The maximum atomic E-state index is 5.17. The molecule has 7 aromatic carbocycles. The predicted molar refractivity (Wildman–Crippen MR) is 216 cm³/mol. The van der Waals surface area contributed by atoms with Gasteiger partial charge in [-0.3, -0.25) is 0 Å². The van der Waals surface area contributed by atoms with Crippen LogP contribution in [0, 0.1) is 13.8 Å². The summed E-state index contributed by atoms with van der Waals surface area (Å²) < 4.78 is 4.81. The average Bonchev–Trinajstić information content (AvgIpc) is 3.71. The van der Waals surface area contributed by atoms with Crippen LogP contribution in [0.3, 0.4) is 0 Å². The molecule has 52 heavy (non-hydrogen) atoms. The number of hydrogen-bond donors (Lipinski definition) is 0. The first kappa shape index (κ1) is 30.1. The monoisotopic (exact) mass is 666 g/mol. The number of aromatic nitrogens is 4. The molecule has 3 heterocycles. The van der Waals surface area contributed by atoms with E-state index < -0.39 is 0 Å². The molecule has 0 aliphatic heterocycles. The second-order valence-corrected chi connectivity index (χ2v) is 13.6. The van der Waals surface area contributed by atoms with Gasteiger partial charge < -0.3 is 9.13 Å². The summed E-state index contributed by atoms with van der Waals surface area (Å²) in [6.07, 6.45) is 0. The molecule has 10 aromatic rings. The van der Waals surface area contributed by atoms with Gasteiger partial charge in [0.25, 0.3) is 0 Å². The van der Waals surface area contributed by atoms with E-state index in [1.54, 1.807) is 0 Å². The van der Waals surface area contributed by atoms with E-state index in [4.69, 9.17) is 9.97 Å². The first-order valence-corrected chi connectivity index (χ1v) is 17.8. The van der Waals surface area contributed by atoms with Gasteiger partial charge in [-0.05, 0) is 79.6 Å². The van der Waals surface area contributed by atoms with Crippen LogP contribution in [-0.2, 0) is 0 Å². The van der Waals surface area contributed by atoms with E-state index in [1.165, 1.54) is 54.7 Å². The molecule has 0 atom stereocenters. The number of hydrogen-bond acceptors (Lipinski definition) is 2. The zero-order valence-electron chi connectivity index (χ0n) is 29.0. The van der Waals surface area contributed by atoms with E-state index in [9.17, 15) is 0 Å². The Morgan fingerprint density at radius 1 is 0.365 bits per heavy atom. The van der Waals surface area contributed by atoms with E-state index in [2.05, 4.69) is 169 Å². The van der Waals surface area contributed by atoms with Crippen molar-refractivity contribution in [1.82, 2.24) is 19.1 Å². The normalized spacial score (nSPS) is 11.7. The first-order valence-electron chi connectivity index (χ1n) is 17.8. The van der Waals surface area contributed by atoms with E-state index in [0.29, 0.717) is 0 Å². The van der Waals surface area contributed by atoms with Crippen molar-refractivity contribution in [2.75, 3.05) is 0 Å². The van der Waals surface area contributed by atoms with Crippen LogP contribution in [0.5, 0.6) is 0 Å². The van der Waals surface area contributed by atoms with Crippen LogP contribution in [0.15, 0.2) is 170 Å². The molecule has 0 aliphatic rings. The minimum Gasteiger partial charge on any atom is -0.309 e. The van der Waals surface area contributed by atoms with Crippen LogP contribution < -0.4 is 0 Å². The van der Waals surface area contributed by atoms with Crippen molar-refractivity contribution in [2.45, 2.75) is 13.8 Å². The fraction of sp³-hybridized carbons (Fsp3) is 0.0417. The summed E-state index contributed by atoms with van der Waals surface area (Å²) in [7, 11) is 0. The number of benzene rings is 7. The maximum absolute atomic E-state index is 5.17. The highest BCUT2D eigenvalue weighted by atomic mass is 15.0. The van der Waals surface area contributed by atoms with Gasteiger partial charge in [0.05, 0.1) is 33.5 Å². The van der Waals surface area contributed by atoms with Crippen LogP contribution >= 0.6 is 0 Å². The molecule has 10 rings (SSSR count). The van der Waals surface area contributed by atoms with Gasteiger partial charge in [-0.1, -0.05) is 115 Å². The fourth-order valence-electron chi connectivity index (χ4n) is 8.10. The highest BCUT2D eigenvalue weighted by Crippen LogP contribution is 2.39. The molecule has 246 valence electrons. The molecular formula is C48H34N4. The highest BCUT2D eigenvalue weighted by molar-refractivity contribution is 6.12. The van der Waals surface area contributed by atoms with Crippen LogP contribution in [0.1, 0.15) is 11.1 Å². The van der Waals surface area contributed by atoms with Gasteiger partial charge in [0.15, 0.2) is 5.82 Å². The standard InChI is InChI=1S/C48H34N4/c1-31-27-36(28-32(2)47(31)42-30-41(33-15-5-3-6-16-33)49-48(50-42)34-17-7-4-8-18-34)52-45-24-14-11-21-39(45)40-29-35(25-26-46(40)52)51-43-22-12-9-19-37(43)38-20-10-13-23-44(38)51/h3-30H,1-2H3. The zero-order valence-corrected chi connectivity index (χ0v) is 29.0. The number of nitrogens with zero attached hydrogens (tertiary/aromatic N) is 4. The smallest absolute Gasteiger partial charge is 0.160 e. The second kappa shape index (κ2) is 11.9. The lowest BCUT2D eigenvalue weighted by Gasteiger charge is -2.16. The SMILES string of the molecule is Cc1cc(-n2c3ccccc3c3cc(-n4c5ccccc5c5ccccc54)ccc32)cc(C)c1-c1cc(-c2ccccc2)nc(-c2ccccc2)n1. The van der Waals surface area contributed by atoms with Gasteiger partial charge in [0, 0.05) is 49.6 Å². The lowest BCUT2D eigenvalue weighted by atomic mass is 9.97. The molecule has 0 unspecified atom stereocenters. The Kier molecular flexibility index (Phi) is 6.90. The Morgan fingerprint density at radius 2 is 0.827 bits per heavy atom. The molecule has 0 bridgehead atoms. The largest absolute Gasteiger partial charge is 0.309 e. The van der Waals surface area contributed by atoms with Crippen LogP contribution in [0.4, 0.5) is 0 Å². The highest BCUT2D eigenvalue weighted by Gasteiger charge is 2.19. The molecule has 0 spiro atoms. The zero-order chi connectivity index (χ0) is 34.8. The van der Waals surface area contributed by atoms with Crippen molar-refractivity contribution >= 4 is 43.6 Å². The Morgan fingerprint density at radius 3 is 1.42 bits per heavy atom.